The van der Waals surface area contributed by atoms with Crippen molar-refractivity contribution in [1.29, 1.82) is 0 Å². The molecule has 0 aliphatic carbocycles. The number of nitrogens with zero attached hydrogens (tertiary/aromatic N) is 1. The average Bonchev–Trinajstić information content (AvgIpc) is 2.30. The first-order valence-corrected chi connectivity index (χ1v) is 5.02. The molecule has 0 spiro atoms. The first-order chi connectivity index (χ1) is 7.29. The summed E-state index contributed by atoms with van der Waals surface area (Å²) in [6.45, 7) is 2.82. The minimum Gasteiger partial charge on any atom is -0.379 e. The van der Waals surface area contributed by atoms with E-state index in [1.807, 2.05) is 4.90 Å². The normalized spacial score (nSPS) is 20.1. The van der Waals surface area contributed by atoms with Gasteiger partial charge in [-0.1, -0.05) is 12.1 Å². The molecule has 2 N–H and O–H groups in total. The van der Waals surface area contributed by atoms with Crippen LogP contribution in [0.1, 0.15) is 11.7 Å². The Balaban J connectivity index is 2.12. The minimum atomic E-state index is -0.386. The number of hydrogen-bond donors (Lipinski definition) is 1. The van der Waals surface area contributed by atoms with Gasteiger partial charge in [0.25, 0.3) is 0 Å². The van der Waals surface area contributed by atoms with E-state index < -0.39 is 0 Å². The number of rotatable bonds is 2. The van der Waals surface area contributed by atoms with Crippen LogP contribution in [0.2, 0.25) is 0 Å². The lowest BCUT2D eigenvalue weighted by Crippen LogP contribution is -2.42. The maximum Gasteiger partial charge on any atom is 0.129 e. The molecule has 15 heavy (non-hydrogen) atoms. The third-order valence-electron chi connectivity index (χ3n) is 2.60. The highest BCUT2D eigenvalue weighted by Gasteiger charge is 2.20. The highest BCUT2D eigenvalue weighted by Crippen LogP contribution is 2.18. The largest absolute Gasteiger partial charge is 0.379 e. The molecule has 1 radical (unpaired) electrons. The lowest BCUT2D eigenvalue weighted by atomic mass is 10.1. The molecule has 0 aromatic heterocycles. The average molecular weight is 209 g/mol. The molecule has 1 saturated heterocycles. The van der Waals surface area contributed by atoms with Crippen molar-refractivity contribution in [3.05, 3.63) is 35.6 Å². The summed E-state index contributed by atoms with van der Waals surface area (Å²) in [5.74, 6) is -0.295. The van der Waals surface area contributed by atoms with Crippen LogP contribution in [0.4, 0.5) is 4.39 Å². The van der Waals surface area contributed by atoms with Crippen molar-refractivity contribution in [2.24, 2.45) is 5.73 Å². The van der Waals surface area contributed by atoms with Gasteiger partial charge in [-0.15, -0.1) is 0 Å². The monoisotopic (exact) mass is 209 g/mol. The zero-order valence-corrected chi connectivity index (χ0v) is 8.45. The van der Waals surface area contributed by atoms with Gasteiger partial charge in [-0.25, -0.2) is 4.39 Å². The van der Waals surface area contributed by atoms with Crippen LogP contribution in [-0.2, 0) is 4.74 Å². The first-order valence-electron chi connectivity index (χ1n) is 5.02. The zero-order valence-electron chi connectivity index (χ0n) is 8.45. The van der Waals surface area contributed by atoms with Gasteiger partial charge in [0.2, 0.25) is 0 Å². The van der Waals surface area contributed by atoms with Crippen molar-refractivity contribution in [2.45, 2.75) is 6.17 Å². The Labute approximate surface area is 88.6 Å². The summed E-state index contributed by atoms with van der Waals surface area (Å²) in [6.07, 6.45) is -0.386. The fourth-order valence-corrected chi connectivity index (χ4v) is 1.71. The number of morpholine rings is 1. The van der Waals surface area contributed by atoms with Gasteiger partial charge in [-0.3, -0.25) is 4.90 Å². The van der Waals surface area contributed by atoms with Crippen molar-refractivity contribution < 1.29 is 9.13 Å². The molecule has 1 heterocycles. The van der Waals surface area contributed by atoms with Gasteiger partial charge in [0, 0.05) is 18.7 Å². The summed E-state index contributed by atoms with van der Waals surface area (Å²) in [4.78, 5) is 2.02. The van der Waals surface area contributed by atoms with Crippen LogP contribution in [0.5, 0.6) is 0 Å². The third-order valence-corrected chi connectivity index (χ3v) is 2.60. The zero-order chi connectivity index (χ0) is 10.7. The van der Waals surface area contributed by atoms with E-state index in [4.69, 9.17) is 10.5 Å². The van der Waals surface area contributed by atoms with Crippen LogP contribution in [0.15, 0.2) is 18.2 Å². The summed E-state index contributed by atoms with van der Waals surface area (Å²) >= 11 is 0. The molecule has 1 aromatic carbocycles. The van der Waals surface area contributed by atoms with Crippen LogP contribution in [-0.4, -0.2) is 31.2 Å². The van der Waals surface area contributed by atoms with E-state index in [1.54, 1.807) is 12.1 Å². The summed E-state index contributed by atoms with van der Waals surface area (Å²) in [5.41, 5.74) is 6.51. The van der Waals surface area contributed by atoms with E-state index in [0.717, 1.165) is 13.1 Å². The van der Waals surface area contributed by atoms with Crippen LogP contribution < -0.4 is 5.73 Å². The van der Waals surface area contributed by atoms with Crippen LogP contribution in [0.25, 0.3) is 0 Å². The number of ether oxygens (including phenoxy) is 1. The number of benzene rings is 1. The fourth-order valence-electron chi connectivity index (χ4n) is 1.71. The Morgan fingerprint density at radius 2 is 2.20 bits per heavy atom. The predicted molar refractivity (Wildman–Crippen MR) is 54.6 cm³/mol. The summed E-state index contributed by atoms with van der Waals surface area (Å²) < 4.78 is 18.6. The van der Waals surface area contributed by atoms with Gasteiger partial charge in [0.05, 0.1) is 19.4 Å². The lowest BCUT2D eigenvalue weighted by Gasteiger charge is -2.32. The smallest absolute Gasteiger partial charge is 0.129 e. The predicted octanol–water partition coefficient (Wildman–Crippen LogP) is 0.915. The molecular weight excluding hydrogens is 195 g/mol. The molecule has 0 amide bonds. The Hall–Kier alpha value is -0.970. The molecule has 0 bridgehead atoms. The standard InChI is InChI=1S/C11H14FN2O/c12-10-4-2-1-3-9(10)11(13)14-5-7-15-8-6-14/h1,3-4,11H,5-8,13H2. The van der Waals surface area contributed by atoms with Crippen molar-refractivity contribution in [3.8, 4) is 0 Å². The van der Waals surface area contributed by atoms with E-state index >= 15 is 0 Å². The van der Waals surface area contributed by atoms with Gasteiger partial charge in [-0.05, 0) is 12.1 Å². The minimum absolute atomic E-state index is 0.295. The second-order valence-corrected chi connectivity index (χ2v) is 3.54. The molecule has 0 saturated carbocycles. The van der Waals surface area contributed by atoms with E-state index in [0.29, 0.717) is 18.8 Å². The van der Waals surface area contributed by atoms with Gasteiger partial charge in [0.1, 0.15) is 5.82 Å². The van der Waals surface area contributed by atoms with Crippen molar-refractivity contribution in [1.82, 2.24) is 4.90 Å². The number of halogens is 1. The maximum atomic E-state index is 13.4. The van der Waals surface area contributed by atoms with Gasteiger partial charge >= 0.3 is 0 Å². The Morgan fingerprint density at radius 3 is 2.87 bits per heavy atom. The molecule has 1 aliphatic heterocycles. The highest BCUT2D eigenvalue weighted by molar-refractivity contribution is 5.19. The van der Waals surface area contributed by atoms with Crippen molar-refractivity contribution >= 4 is 0 Å². The molecule has 81 valence electrons. The van der Waals surface area contributed by atoms with Gasteiger partial charge in [0.15, 0.2) is 0 Å². The molecule has 2 rings (SSSR count). The molecular formula is C11H14FN2O. The van der Waals surface area contributed by atoms with E-state index in [-0.39, 0.29) is 12.0 Å². The second-order valence-electron chi connectivity index (χ2n) is 3.54. The molecule has 4 heteroatoms. The van der Waals surface area contributed by atoms with Crippen molar-refractivity contribution in [3.63, 3.8) is 0 Å². The Kier molecular flexibility index (Phi) is 3.30. The summed E-state index contributed by atoms with van der Waals surface area (Å²) in [5, 5.41) is 0. The second kappa shape index (κ2) is 4.70. The topological polar surface area (TPSA) is 38.5 Å². The SMILES string of the molecule is NC(c1cc[c]cc1F)N1CCOCC1. The van der Waals surface area contributed by atoms with E-state index in [9.17, 15) is 4.39 Å². The quantitative estimate of drug-likeness (QED) is 0.787. The molecule has 1 atom stereocenters. The molecule has 1 fully saturated rings. The maximum absolute atomic E-state index is 13.4. The Bertz CT molecular complexity index is 326. The van der Waals surface area contributed by atoms with Crippen molar-refractivity contribution in [2.75, 3.05) is 26.3 Å². The molecule has 3 nitrogen and oxygen atoms in total. The summed E-state index contributed by atoms with van der Waals surface area (Å²) in [7, 11) is 0. The third kappa shape index (κ3) is 2.34. The highest BCUT2D eigenvalue weighted by atomic mass is 19.1. The molecule has 1 aromatic rings. The molecule has 1 aliphatic rings. The van der Waals surface area contributed by atoms with E-state index in [2.05, 4.69) is 6.07 Å². The summed E-state index contributed by atoms with van der Waals surface area (Å²) in [6, 6.07) is 7.36. The first kappa shape index (κ1) is 10.5. The van der Waals surface area contributed by atoms with Crippen LogP contribution in [0.3, 0.4) is 0 Å². The van der Waals surface area contributed by atoms with Crippen LogP contribution >= 0.6 is 0 Å². The fraction of sp³-hybridized carbons (Fsp3) is 0.455. The van der Waals surface area contributed by atoms with Crippen LogP contribution in [0, 0.1) is 11.9 Å². The lowest BCUT2D eigenvalue weighted by molar-refractivity contribution is 0.0166. The number of nitrogens with two attached hydrogens (primary N) is 1. The Morgan fingerprint density at radius 1 is 1.47 bits per heavy atom. The van der Waals surface area contributed by atoms with Gasteiger partial charge in [-0.2, -0.15) is 0 Å². The molecule has 1 unspecified atom stereocenters. The van der Waals surface area contributed by atoms with Gasteiger partial charge < -0.3 is 10.5 Å². The van der Waals surface area contributed by atoms with E-state index in [1.165, 1.54) is 6.07 Å². The number of hydrogen-bond acceptors (Lipinski definition) is 3.